The number of morpholine rings is 1. The topological polar surface area (TPSA) is 66.5 Å². The summed E-state index contributed by atoms with van der Waals surface area (Å²) in [5, 5.41) is 9.45. The summed E-state index contributed by atoms with van der Waals surface area (Å²) < 4.78 is 5.78. The lowest BCUT2D eigenvalue weighted by molar-refractivity contribution is -0.117. The molecule has 0 saturated carbocycles. The number of piperidine rings is 1. The van der Waals surface area contributed by atoms with Crippen molar-refractivity contribution in [3.63, 3.8) is 0 Å². The van der Waals surface area contributed by atoms with Gasteiger partial charge in [-0.2, -0.15) is 0 Å². The average Bonchev–Trinajstić information content (AvgIpc) is 3.12. The van der Waals surface area contributed by atoms with Gasteiger partial charge in [0.2, 0.25) is 5.91 Å². The molecule has 6 nitrogen and oxygen atoms in total. The lowest BCUT2D eigenvalue weighted by Gasteiger charge is -2.34. The number of rotatable bonds is 5. The van der Waals surface area contributed by atoms with Gasteiger partial charge >= 0.3 is 0 Å². The van der Waals surface area contributed by atoms with Crippen LogP contribution < -0.4 is 10.6 Å². The number of amides is 1. The van der Waals surface area contributed by atoms with Crippen molar-refractivity contribution in [2.45, 2.75) is 76.8 Å². The number of carbonyl (C=O) groups excluding carboxylic acids is 1. The Morgan fingerprint density at radius 2 is 2.00 bits per heavy atom. The summed E-state index contributed by atoms with van der Waals surface area (Å²) in [5.74, 6) is 0.635. The number of carbonyl (C=O) groups is 1. The number of fused-ring (bicyclic) bond motifs is 2. The van der Waals surface area contributed by atoms with Gasteiger partial charge in [0.15, 0.2) is 5.13 Å². The van der Waals surface area contributed by atoms with Crippen molar-refractivity contribution >= 4 is 22.4 Å². The molecular weight excluding hydrogens is 348 g/mol. The molecule has 1 amide bonds. The summed E-state index contributed by atoms with van der Waals surface area (Å²) in [6.45, 7) is 6.91. The first-order valence-electron chi connectivity index (χ1n) is 9.91. The summed E-state index contributed by atoms with van der Waals surface area (Å²) in [6, 6.07) is 1.27. The molecule has 0 spiro atoms. The van der Waals surface area contributed by atoms with Crippen LogP contribution in [0.25, 0.3) is 0 Å². The summed E-state index contributed by atoms with van der Waals surface area (Å²) in [5.41, 5.74) is 1.03. The standard InChI is InChI=1S/C19H30N4O2S/c1-12-8-23(9-13(2)25-12)10-17-11-26-19(21-17)22-18(24)7-14-5-15-3-4-16(6-14)20-15/h11-16,20H,3-10H2,1-2H3,(H,21,22,24). The SMILES string of the molecule is CC1CN(Cc2csc(NC(=O)CC3CC4CCC(C3)N4)n2)CC(C)O1. The number of hydrogen-bond acceptors (Lipinski definition) is 6. The van der Waals surface area contributed by atoms with Gasteiger partial charge in [0.25, 0.3) is 0 Å². The molecule has 7 heteroatoms. The molecule has 4 heterocycles. The number of nitrogens with zero attached hydrogens (tertiary/aromatic N) is 2. The maximum absolute atomic E-state index is 12.4. The van der Waals surface area contributed by atoms with Gasteiger partial charge in [0.05, 0.1) is 17.9 Å². The molecule has 1 aromatic rings. The maximum Gasteiger partial charge on any atom is 0.226 e. The maximum atomic E-state index is 12.4. The van der Waals surface area contributed by atoms with Crippen molar-refractivity contribution in [3.05, 3.63) is 11.1 Å². The van der Waals surface area contributed by atoms with E-state index in [-0.39, 0.29) is 18.1 Å². The van der Waals surface area contributed by atoms with Gasteiger partial charge in [-0.1, -0.05) is 0 Å². The number of hydrogen-bond donors (Lipinski definition) is 2. The van der Waals surface area contributed by atoms with Crippen LogP contribution in [0.2, 0.25) is 0 Å². The number of thiazole rings is 1. The lowest BCUT2D eigenvalue weighted by Crippen LogP contribution is -2.44. The van der Waals surface area contributed by atoms with Crippen LogP contribution in [0, 0.1) is 5.92 Å². The Hall–Kier alpha value is -1.02. The molecule has 4 unspecified atom stereocenters. The van der Waals surface area contributed by atoms with Crippen LogP contribution in [0.4, 0.5) is 5.13 Å². The van der Waals surface area contributed by atoms with Gasteiger partial charge in [-0.3, -0.25) is 9.69 Å². The average molecular weight is 379 g/mol. The molecule has 2 N–H and O–H groups in total. The Bertz CT molecular complexity index is 615. The Kier molecular flexibility index (Phi) is 5.59. The van der Waals surface area contributed by atoms with Crippen LogP contribution in [-0.4, -0.2) is 53.2 Å². The van der Waals surface area contributed by atoms with Gasteiger partial charge in [0, 0.05) is 43.5 Å². The van der Waals surface area contributed by atoms with E-state index < -0.39 is 0 Å². The Morgan fingerprint density at radius 3 is 2.69 bits per heavy atom. The van der Waals surface area contributed by atoms with Crippen LogP contribution in [0.15, 0.2) is 5.38 Å². The lowest BCUT2D eigenvalue weighted by atomic mass is 9.89. The molecule has 3 fully saturated rings. The van der Waals surface area contributed by atoms with Crippen molar-refractivity contribution in [2.75, 3.05) is 18.4 Å². The van der Waals surface area contributed by atoms with Crippen LogP contribution >= 0.6 is 11.3 Å². The quantitative estimate of drug-likeness (QED) is 0.824. The summed E-state index contributed by atoms with van der Waals surface area (Å²) in [4.78, 5) is 19.4. The van der Waals surface area contributed by atoms with Crippen LogP contribution in [0.1, 0.15) is 51.6 Å². The van der Waals surface area contributed by atoms with Crippen molar-refractivity contribution in [2.24, 2.45) is 5.92 Å². The molecule has 0 aliphatic carbocycles. The van der Waals surface area contributed by atoms with E-state index in [4.69, 9.17) is 4.74 Å². The predicted octanol–water partition coefficient (Wildman–Crippen LogP) is 2.61. The number of anilines is 1. The first kappa shape index (κ1) is 18.3. The zero-order chi connectivity index (χ0) is 18.1. The van der Waals surface area contributed by atoms with E-state index in [1.54, 1.807) is 0 Å². The summed E-state index contributed by atoms with van der Waals surface area (Å²) in [7, 11) is 0. The minimum atomic E-state index is 0.116. The molecule has 1 aromatic heterocycles. The van der Waals surface area contributed by atoms with Crippen molar-refractivity contribution in [1.82, 2.24) is 15.2 Å². The highest BCUT2D eigenvalue weighted by molar-refractivity contribution is 7.13. The number of ether oxygens (including phenoxy) is 1. The van der Waals surface area contributed by atoms with E-state index >= 15 is 0 Å². The second kappa shape index (κ2) is 7.92. The fourth-order valence-electron chi connectivity index (χ4n) is 4.85. The Balaban J connectivity index is 1.26. The summed E-state index contributed by atoms with van der Waals surface area (Å²) >= 11 is 1.53. The molecule has 0 radical (unpaired) electrons. The predicted molar refractivity (Wildman–Crippen MR) is 103 cm³/mol. The minimum Gasteiger partial charge on any atom is -0.373 e. The Morgan fingerprint density at radius 1 is 1.31 bits per heavy atom. The van der Waals surface area contributed by atoms with E-state index in [2.05, 4.69) is 39.7 Å². The third-order valence-corrected chi connectivity index (χ3v) is 6.53. The van der Waals surface area contributed by atoms with Crippen molar-refractivity contribution in [1.29, 1.82) is 0 Å². The molecule has 4 atom stereocenters. The number of aromatic nitrogens is 1. The van der Waals surface area contributed by atoms with Gasteiger partial charge in [0.1, 0.15) is 0 Å². The fraction of sp³-hybridized carbons (Fsp3) is 0.789. The second-order valence-electron chi connectivity index (χ2n) is 8.32. The van der Waals surface area contributed by atoms with Crippen LogP contribution in [-0.2, 0) is 16.1 Å². The van der Waals surface area contributed by atoms with Crippen molar-refractivity contribution in [3.8, 4) is 0 Å². The third kappa shape index (κ3) is 4.63. The smallest absolute Gasteiger partial charge is 0.226 e. The van der Waals surface area contributed by atoms with Crippen LogP contribution in [0.5, 0.6) is 0 Å². The molecule has 4 rings (SSSR count). The fourth-order valence-corrected chi connectivity index (χ4v) is 5.57. The molecule has 3 saturated heterocycles. The molecule has 26 heavy (non-hydrogen) atoms. The van der Waals surface area contributed by atoms with Crippen LogP contribution in [0.3, 0.4) is 0 Å². The molecular formula is C19H30N4O2S. The largest absolute Gasteiger partial charge is 0.373 e. The van der Waals surface area contributed by atoms with Crippen molar-refractivity contribution < 1.29 is 9.53 Å². The van der Waals surface area contributed by atoms with Gasteiger partial charge in [-0.15, -0.1) is 11.3 Å². The van der Waals surface area contributed by atoms with E-state index in [1.165, 1.54) is 24.2 Å². The van der Waals surface area contributed by atoms with E-state index in [0.717, 1.165) is 43.3 Å². The van der Waals surface area contributed by atoms with E-state index in [1.807, 2.05) is 0 Å². The first-order chi connectivity index (χ1) is 12.5. The van der Waals surface area contributed by atoms with Gasteiger partial charge < -0.3 is 15.4 Å². The monoisotopic (exact) mass is 378 g/mol. The normalized spacial score (nSPS) is 34.8. The molecule has 3 aliphatic heterocycles. The van der Waals surface area contributed by atoms with Gasteiger partial charge in [-0.05, 0) is 45.4 Å². The third-order valence-electron chi connectivity index (χ3n) is 5.72. The van der Waals surface area contributed by atoms with Gasteiger partial charge in [-0.25, -0.2) is 4.98 Å². The highest BCUT2D eigenvalue weighted by Crippen LogP contribution is 2.33. The first-order valence-corrected chi connectivity index (χ1v) is 10.8. The zero-order valence-electron chi connectivity index (χ0n) is 15.7. The highest BCUT2D eigenvalue weighted by Gasteiger charge is 2.34. The Labute approximate surface area is 159 Å². The summed E-state index contributed by atoms with van der Waals surface area (Å²) in [6.07, 6.45) is 5.98. The zero-order valence-corrected chi connectivity index (χ0v) is 16.6. The number of nitrogens with one attached hydrogen (secondary N) is 2. The molecule has 0 aromatic carbocycles. The second-order valence-corrected chi connectivity index (χ2v) is 9.18. The van der Waals surface area contributed by atoms with E-state index in [0.29, 0.717) is 24.4 Å². The molecule has 144 valence electrons. The molecule has 3 aliphatic rings. The highest BCUT2D eigenvalue weighted by atomic mass is 32.1. The van der Waals surface area contributed by atoms with E-state index in [9.17, 15) is 4.79 Å². The minimum absolute atomic E-state index is 0.116. The molecule has 2 bridgehead atoms.